The average molecular weight is 333 g/mol. The van der Waals surface area contributed by atoms with Gasteiger partial charge in [-0.3, -0.25) is 0 Å². The highest BCUT2D eigenvalue weighted by Gasteiger charge is 2.07. The maximum Gasteiger partial charge on any atom is 0.125 e. The van der Waals surface area contributed by atoms with E-state index in [1.54, 1.807) is 0 Å². The summed E-state index contributed by atoms with van der Waals surface area (Å²) in [5.41, 5.74) is 7.50. The second-order valence-corrected chi connectivity index (χ2v) is 5.97. The van der Waals surface area contributed by atoms with Crippen LogP contribution in [0, 0.1) is 27.7 Å². The minimum atomic E-state index is 0.628. The molecule has 0 aliphatic rings. The summed E-state index contributed by atoms with van der Waals surface area (Å²) in [5, 5.41) is 0.881. The number of aryl methyl sites for hydroxylation is 4. The van der Waals surface area contributed by atoms with E-state index < -0.39 is 0 Å². The first-order valence-electron chi connectivity index (χ1n) is 6.86. The number of ether oxygens (including phenoxy) is 1. The van der Waals surface area contributed by atoms with Gasteiger partial charge < -0.3 is 4.74 Å². The number of rotatable bonds is 4. The molecular formula is C18H21BrO. The molecule has 2 aromatic rings. The molecule has 2 aromatic carbocycles. The van der Waals surface area contributed by atoms with E-state index in [0.29, 0.717) is 6.61 Å². The van der Waals surface area contributed by atoms with Crippen molar-refractivity contribution in [3.05, 3.63) is 63.7 Å². The largest absolute Gasteiger partial charge is 0.488 e. The van der Waals surface area contributed by atoms with Crippen LogP contribution >= 0.6 is 15.9 Å². The van der Waals surface area contributed by atoms with Crippen LogP contribution in [-0.2, 0) is 11.9 Å². The lowest BCUT2D eigenvalue weighted by Crippen LogP contribution is -2.02. The van der Waals surface area contributed by atoms with Crippen LogP contribution in [0.25, 0.3) is 0 Å². The third-order valence-corrected chi connectivity index (χ3v) is 4.20. The quantitative estimate of drug-likeness (QED) is 0.681. The maximum atomic E-state index is 6.07. The van der Waals surface area contributed by atoms with Gasteiger partial charge in [-0.1, -0.05) is 51.8 Å². The number of alkyl halides is 1. The lowest BCUT2D eigenvalue weighted by atomic mass is 10.1. The smallest absolute Gasteiger partial charge is 0.125 e. The molecular weight excluding hydrogens is 312 g/mol. The molecule has 106 valence electrons. The van der Waals surface area contributed by atoms with Crippen molar-refractivity contribution in [1.29, 1.82) is 0 Å². The first-order valence-corrected chi connectivity index (χ1v) is 7.98. The first-order chi connectivity index (χ1) is 9.51. The Morgan fingerprint density at radius 3 is 2.15 bits per heavy atom. The van der Waals surface area contributed by atoms with Gasteiger partial charge >= 0.3 is 0 Å². The Morgan fingerprint density at radius 2 is 1.55 bits per heavy atom. The van der Waals surface area contributed by atoms with Crippen LogP contribution in [0.3, 0.4) is 0 Å². The van der Waals surface area contributed by atoms with Gasteiger partial charge in [0.1, 0.15) is 12.4 Å². The Morgan fingerprint density at radius 1 is 0.900 bits per heavy atom. The van der Waals surface area contributed by atoms with E-state index in [1.165, 1.54) is 33.4 Å². The highest BCUT2D eigenvalue weighted by atomic mass is 79.9. The number of hydrogen-bond acceptors (Lipinski definition) is 1. The average Bonchev–Trinajstić information content (AvgIpc) is 2.41. The van der Waals surface area contributed by atoms with E-state index in [0.717, 1.165) is 11.1 Å². The van der Waals surface area contributed by atoms with Crippen molar-refractivity contribution in [2.75, 3.05) is 0 Å². The van der Waals surface area contributed by atoms with Crippen molar-refractivity contribution in [1.82, 2.24) is 0 Å². The molecule has 0 N–H and O–H groups in total. The SMILES string of the molecule is Cc1ccc(C)c(COc2c(C)cc(CBr)cc2C)c1. The predicted octanol–water partition coefficient (Wildman–Crippen LogP) is 5.39. The van der Waals surface area contributed by atoms with Crippen molar-refractivity contribution < 1.29 is 4.74 Å². The molecule has 0 radical (unpaired) electrons. The molecule has 0 saturated heterocycles. The lowest BCUT2D eigenvalue weighted by molar-refractivity contribution is 0.301. The third-order valence-electron chi connectivity index (χ3n) is 3.55. The topological polar surface area (TPSA) is 9.23 Å². The second kappa shape index (κ2) is 6.45. The molecule has 1 nitrogen and oxygen atoms in total. The predicted molar refractivity (Wildman–Crippen MR) is 88.8 cm³/mol. The summed E-state index contributed by atoms with van der Waals surface area (Å²) in [6.45, 7) is 9.09. The van der Waals surface area contributed by atoms with E-state index in [1.807, 2.05) is 0 Å². The zero-order chi connectivity index (χ0) is 14.7. The summed E-state index contributed by atoms with van der Waals surface area (Å²) >= 11 is 3.50. The molecule has 0 unspecified atom stereocenters. The molecule has 0 spiro atoms. The van der Waals surface area contributed by atoms with Crippen LogP contribution in [0.15, 0.2) is 30.3 Å². The molecule has 20 heavy (non-hydrogen) atoms. The van der Waals surface area contributed by atoms with Crippen LogP contribution in [0.2, 0.25) is 0 Å². The van der Waals surface area contributed by atoms with Gasteiger partial charge in [-0.15, -0.1) is 0 Å². The van der Waals surface area contributed by atoms with Crippen molar-refractivity contribution in [3.63, 3.8) is 0 Å². The number of halogens is 1. The van der Waals surface area contributed by atoms with E-state index in [2.05, 4.69) is 74.0 Å². The van der Waals surface area contributed by atoms with Crippen LogP contribution in [0.4, 0.5) is 0 Å². The number of benzene rings is 2. The Kier molecular flexibility index (Phi) is 4.87. The zero-order valence-electron chi connectivity index (χ0n) is 12.6. The highest BCUT2D eigenvalue weighted by molar-refractivity contribution is 9.08. The van der Waals surface area contributed by atoms with Gasteiger partial charge in [0.2, 0.25) is 0 Å². The molecule has 0 aliphatic carbocycles. The van der Waals surface area contributed by atoms with Gasteiger partial charge in [0.15, 0.2) is 0 Å². The molecule has 0 aromatic heterocycles. The van der Waals surface area contributed by atoms with Crippen molar-refractivity contribution in [2.24, 2.45) is 0 Å². The Labute approximate surface area is 130 Å². The second-order valence-electron chi connectivity index (χ2n) is 5.41. The fourth-order valence-electron chi connectivity index (χ4n) is 2.45. The molecule has 0 amide bonds. The van der Waals surface area contributed by atoms with Gasteiger partial charge in [0, 0.05) is 5.33 Å². The van der Waals surface area contributed by atoms with Crippen LogP contribution in [0.1, 0.15) is 33.4 Å². The Balaban J connectivity index is 2.21. The molecule has 0 saturated carbocycles. The summed E-state index contributed by atoms with van der Waals surface area (Å²) in [6, 6.07) is 10.9. The molecule has 0 atom stereocenters. The fraction of sp³-hybridized carbons (Fsp3) is 0.333. The molecule has 2 heteroatoms. The van der Waals surface area contributed by atoms with Crippen molar-refractivity contribution in [2.45, 2.75) is 39.6 Å². The summed E-state index contributed by atoms with van der Waals surface area (Å²) in [5.74, 6) is 1.01. The van der Waals surface area contributed by atoms with Crippen LogP contribution in [0.5, 0.6) is 5.75 Å². The van der Waals surface area contributed by atoms with E-state index in [4.69, 9.17) is 4.74 Å². The van der Waals surface area contributed by atoms with E-state index in [9.17, 15) is 0 Å². The van der Waals surface area contributed by atoms with Gasteiger partial charge in [-0.25, -0.2) is 0 Å². The summed E-state index contributed by atoms with van der Waals surface area (Å²) in [4.78, 5) is 0. The normalized spacial score (nSPS) is 10.7. The van der Waals surface area contributed by atoms with Gasteiger partial charge in [0.05, 0.1) is 0 Å². The van der Waals surface area contributed by atoms with E-state index in [-0.39, 0.29) is 0 Å². The van der Waals surface area contributed by atoms with Crippen LogP contribution < -0.4 is 4.74 Å². The van der Waals surface area contributed by atoms with Gasteiger partial charge in [-0.05, 0) is 55.5 Å². The summed E-state index contributed by atoms with van der Waals surface area (Å²) in [7, 11) is 0. The van der Waals surface area contributed by atoms with Crippen molar-refractivity contribution in [3.8, 4) is 5.75 Å². The fourth-order valence-corrected chi connectivity index (χ4v) is 2.77. The third kappa shape index (κ3) is 3.43. The summed E-state index contributed by atoms with van der Waals surface area (Å²) in [6.07, 6.45) is 0. The monoisotopic (exact) mass is 332 g/mol. The number of hydrogen-bond donors (Lipinski definition) is 0. The molecule has 0 bridgehead atoms. The van der Waals surface area contributed by atoms with Crippen molar-refractivity contribution >= 4 is 15.9 Å². The Bertz CT molecular complexity index is 594. The summed E-state index contributed by atoms with van der Waals surface area (Å²) < 4.78 is 6.07. The van der Waals surface area contributed by atoms with E-state index >= 15 is 0 Å². The maximum absolute atomic E-state index is 6.07. The zero-order valence-corrected chi connectivity index (χ0v) is 14.2. The first kappa shape index (κ1) is 15.1. The minimum absolute atomic E-state index is 0.628. The lowest BCUT2D eigenvalue weighted by Gasteiger charge is -2.15. The minimum Gasteiger partial charge on any atom is -0.488 e. The molecule has 2 rings (SSSR count). The molecule has 0 heterocycles. The van der Waals surface area contributed by atoms with Gasteiger partial charge in [0.25, 0.3) is 0 Å². The molecule has 0 aliphatic heterocycles. The standard InChI is InChI=1S/C18H21BrO/c1-12-5-6-13(2)17(7-12)11-20-18-14(3)8-16(10-19)9-15(18)4/h5-9H,10-11H2,1-4H3. The highest BCUT2D eigenvalue weighted by Crippen LogP contribution is 2.27. The molecule has 0 fully saturated rings. The van der Waals surface area contributed by atoms with Gasteiger partial charge in [-0.2, -0.15) is 0 Å². The van der Waals surface area contributed by atoms with Crippen LogP contribution in [-0.4, -0.2) is 0 Å². The Hall–Kier alpha value is -1.28.